The first-order valence-electron chi connectivity index (χ1n) is 5.74. The van der Waals surface area contributed by atoms with Gasteiger partial charge in [-0.05, 0) is 31.7 Å². The molecule has 1 heterocycles. The van der Waals surface area contributed by atoms with Crippen molar-refractivity contribution in [1.29, 1.82) is 0 Å². The molecule has 0 spiro atoms. The van der Waals surface area contributed by atoms with Gasteiger partial charge in [-0.1, -0.05) is 12.1 Å². The molecular formula is C13H16N4O. The van der Waals surface area contributed by atoms with Crippen LogP contribution in [-0.4, -0.2) is 22.7 Å². The van der Waals surface area contributed by atoms with Gasteiger partial charge in [0, 0.05) is 12.2 Å². The molecule has 1 atom stereocenters. The van der Waals surface area contributed by atoms with Gasteiger partial charge in [0.25, 0.3) is 5.91 Å². The molecule has 0 aliphatic heterocycles. The first kappa shape index (κ1) is 12.3. The highest BCUT2D eigenvalue weighted by molar-refractivity contribution is 5.92. The van der Waals surface area contributed by atoms with Crippen LogP contribution in [0.25, 0.3) is 5.69 Å². The molecule has 0 aliphatic carbocycles. The number of nitrogens with zero attached hydrogens (tertiary/aromatic N) is 2. The summed E-state index contributed by atoms with van der Waals surface area (Å²) in [6, 6.07) is 8.28. The smallest absolute Gasteiger partial charge is 0.251 e. The van der Waals surface area contributed by atoms with E-state index in [1.54, 1.807) is 10.9 Å². The fourth-order valence-corrected chi connectivity index (χ4v) is 1.67. The van der Waals surface area contributed by atoms with Crippen LogP contribution in [0.15, 0.2) is 36.7 Å². The lowest BCUT2D eigenvalue weighted by Crippen LogP contribution is -2.12. The zero-order chi connectivity index (χ0) is 13.1. The van der Waals surface area contributed by atoms with E-state index >= 15 is 0 Å². The molecule has 1 aromatic heterocycles. The number of nitrogens with one attached hydrogen (secondary N) is 1. The number of rotatable bonds is 4. The van der Waals surface area contributed by atoms with Crippen LogP contribution in [0.3, 0.4) is 0 Å². The van der Waals surface area contributed by atoms with Gasteiger partial charge in [-0.15, -0.1) is 0 Å². The summed E-state index contributed by atoms with van der Waals surface area (Å²) in [7, 11) is 1.92. The van der Waals surface area contributed by atoms with Crippen LogP contribution < -0.4 is 11.1 Å². The first-order valence-corrected chi connectivity index (χ1v) is 5.74. The van der Waals surface area contributed by atoms with Gasteiger partial charge < -0.3 is 11.1 Å². The van der Waals surface area contributed by atoms with Crippen molar-refractivity contribution in [2.75, 3.05) is 7.05 Å². The molecular weight excluding hydrogens is 228 g/mol. The Balaban J connectivity index is 2.25. The summed E-state index contributed by atoms with van der Waals surface area (Å²) in [4.78, 5) is 11.0. The highest BCUT2D eigenvalue weighted by Gasteiger charge is 2.06. The topological polar surface area (TPSA) is 72.9 Å². The molecule has 18 heavy (non-hydrogen) atoms. The average Bonchev–Trinajstić information content (AvgIpc) is 2.88. The van der Waals surface area contributed by atoms with E-state index in [4.69, 9.17) is 5.73 Å². The zero-order valence-corrected chi connectivity index (χ0v) is 10.4. The molecule has 0 saturated carbocycles. The molecule has 3 N–H and O–H groups in total. The van der Waals surface area contributed by atoms with E-state index in [1.807, 2.05) is 31.3 Å². The average molecular weight is 244 g/mol. The molecule has 5 heteroatoms. The van der Waals surface area contributed by atoms with Crippen molar-refractivity contribution in [2.45, 2.75) is 13.0 Å². The minimum atomic E-state index is -0.471. The van der Waals surface area contributed by atoms with Gasteiger partial charge in [0.05, 0.1) is 17.4 Å². The number of hydrogen-bond acceptors (Lipinski definition) is 3. The number of hydrogen-bond donors (Lipinski definition) is 2. The van der Waals surface area contributed by atoms with Crippen molar-refractivity contribution in [2.24, 2.45) is 5.73 Å². The third kappa shape index (κ3) is 2.41. The van der Waals surface area contributed by atoms with Gasteiger partial charge in [0.15, 0.2) is 0 Å². The van der Waals surface area contributed by atoms with Gasteiger partial charge in [-0.2, -0.15) is 5.10 Å². The molecule has 0 fully saturated rings. The Morgan fingerprint density at radius 1 is 1.39 bits per heavy atom. The summed E-state index contributed by atoms with van der Waals surface area (Å²) in [6.07, 6.45) is 3.09. The summed E-state index contributed by atoms with van der Waals surface area (Å²) < 4.78 is 1.63. The highest BCUT2D eigenvalue weighted by atomic mass is 16.1. The van der Waals surface area contributed by atoms with Crippen molar-refractivity contribution >= 4 is 5.91 Å². The Labute approximate surface area is 106 Å². The molecule has 2 rings (SSSR count). The molecule has 2 aromatic rings. The Morgan fingerprint density at radius 3 is 2.56 bits per heavy atom. The summed E-state index contributed by atoms with van der Waals surface area (Å²) in [5.41, 5.74) is 7.69. The van der Waals surface area contributed by atoms with Gasteiger partial charge in [-0.25, -0.2) is 4.68 Å². The van der Waals surface area contributed by atoms with Crippen LogP contribution in [0.1, 0.15) is 28.9 Å². The van der Waals surface area contributed by atoms with Crippen molar-refractivity contribution in [3.8, 4) is 5.69 Å². The van der Waals surface area contributed by atoms with Gasteiger partial charge >= 0.3 is 0 Å². The third-order valence-electron chi connectivity index (χ3n) is 2.96. The van der Waals surface area contributed by atoms with Gasteiger partial charge in [0.2, 0.25) is 0 Å². The maximum atomic E-state index is 11.0. The van der Waals surface area contributed by atoms with Crippen molar-refractivity contribution < 1.29 is 4.79 Å². The van der Waals surface area contributed by atoms with E-state index in [-0.39, 0.29) is 0 Å². The van der Waals surface area contributed by atoms with E-state index in [0.29, 0.717) is 11.6 Å². The fourth-order valence-electron chi connectivity index (χ4n) is 1.67. The molecule has 5 nitrogen and oxygen atoms in total. The lowest BCUT2D eigenvalue weighted by Gasteiger charge is -2.11. The van der Waals surface area contributed by atoms with E-state index in [9.17, 15) is 4.79 Å². The van der Waals surface area contributed by atoms with Crippen molar-refractivity contribution in [1.82, 2.24) is 15.1 Å². The Morgan fingerprint density at radius 2 is 2.06 bits per heavy atom. The second-order valence-electron chi connectivity index (χ2n) is 4.14. The summed E-state index contributed by atoms with van der Waals surface area (Å²) >= 11 is 0. The summed E-state index contributed by atoms with van der Waals surface area (Å²) in [6.45, 7) is 2.09. The van der Waals surface area contributed by atoms with Crippen LogP contribution >= 0.6 is 0 Å². The number of carbonyl (C=O) groups excluding carboxylic acids is 1. The number of benzene rings is 1. The van der Waals surface area contributed by atoms with Crippen LogP contribution in [0.2, 0.25) is 0 Å². The number of primary amides is 1. The lowest BCUT2D eigenvalue weighted by molar-refractivity contribution is 0.100. The lowest BCUT2D eigenvalue weighted by atomic mass is 10.1. The normalized spacial score (nSPS) is 12.3. The standard InChI is InChI=1S/C13H16N4O/c1-9(15-2)10-3-5-12(6-4-10)17-8-11(7-16-17)13(14)18/h3-9,15H,1-2H3,(H2,14,18). The number of carbonyl (C=O) groups is 1. The van der Waals surface area contributed by atoms with Crippen LogP contribution in [0, 0.1) is 0 Å². The van der Waals surface area contributed by atoms with E-state index < -0.39 is 5.91 Å². The highest BCUT2D eigenvalue weighted by Crippen LogP contribution is 2.15. The quantitative estimate of drug-likeness (QED) is 0.850. The zero-order valence-electron chi connectivity index (χ0n) is 10.4. The maximum Gasteiger partial charge on any atom is 0.251 e. The number of nitrogens with two attached hydrogens (primary N) is 1. The molecule has 0 bridgehead atoms. The van der Waals surface area contributed by atoms with Crippen molar-refractivity contribution in [3.63, 3.8) is 0 Å². The Hall–Kier alpha value is -2.14. The SMILES string of the molecule is CNC(C)c1ccc(-n2cc(C(N)=O)cn2)cc1. The largest absolute Gasteiger partial charge is 0.366 e. The number of amides is 1. The molecule has 94 valence electrons. The third-order valence-corrected chi connectivity index (χ3v) is 2.96. The second-order valence-corrected chi connectivity index (χ2v) is 4.14. The van der Waals surface area contributed by atoms with Crippen molar-refractivity contribution in [3.05, 3.63) is 47.8 Å². The Kier molecular flexibility index (Phi) is 3.43. The molecule has 1 unspecified atom stereocenters. The second kappa shape index (κ2) is 5.01. The van der Waals surface area contributed by atoms with Gasteiger partial charge in [-0.3, -0.25) is 4.79 Å². The predicted molar refractivity (Wildman–Crippen MR) is 69.6 cm³/mol. The Bertz CT molecular complexity index is 544. The minimum Gasteiger partial charge on any atom is -0.366 e. The fraction of sp³-hybridized carbons (Fsp3) is 0.231. The first-order chi connectivity index (χ1) is 8.61. The maximum absolute atomic E-state index is 11.0. The van der Waals surface area contributed by atoms with E-state index in [1.165, 1.54) is 11.8 Å². The summed E-state index contributed by atoms with van der Waals surface area (Å²) in [5.74, 6) is -0.471. The predicted octanol–water partition coefficient (Wildman–Crippen LogP) is 1.25. The van der Waals surface area contributed by atoms with E-state index in [2.05, 4.69) is 17.3 Å². The monoisotopic (exact) mass is 244 g/mol. The molecule has 1 aromatic carbocycles. The molecule has 0 saturated heterocycles. The molecule has 0 radical (unpaired) electrons. The van der Waals surface area contributed by atoms with Crippen LogP contribution in [0.4, 0.5) is 0 Å². The van der Waals surface area contributed by atoms with Crippen LogP contribution in [0.5, 0.6) is 0 Å². The molecule has 1 amide bonds. The number of aromatic nitrogens is 2. The van der Waals surface area contributed by atoms with Crippen LogP contribution in [-0.2, 0) is 0 Å². The van der Waals surface area contributed by atoms with E-state index in [0.717, 1.165) is 5.69 Å². The minimum absolute atomic E-state index is 0.304. The van der Waals surface area contributed by atoms with Gasteiger partial charge in [0.1, 0.15) is 0 Å². The summed E-state index contributed by atoms with van der Waals surface area (Å²) in [5, 5.41) is 7.28. The molecule has 0 aliphatic rings.